The Morgan fingerprint density at radius 1 is 1.27 bits per heavy atom. The Kier molecular flexibility index (Phi) is 8.98. The van der Waals surface area contributed by atoms with Gasteiger partial charge in [0.2, 0.25) is 11.8 Å². The highest BCUT2D eigenvalue weighted by Crippen LogP contribution is 2.31. The molecule has 0 atom stereocenters. The standard InChI is InChI=1S/C18H26FN3O3.ClH/c1-2-22(17(24)18(13-20)7-9-25-10-8-18)12-16(23)21-11-14-3-5-15(19)6-4-14;/h3-6H,2,7-13,20H2,1H3,(H,21,23);1H. The van der Waals surface area contributed by atoms with E-state index < -0.39 is 5.41 Å². The highest BCUT2D eigenvalue weighted by atomic mass is 35.5. The normalized spacial score (nSPS) is 15.7. The smallest absolute Gasteiger partial charge is 0.239 e. The molecule has 0 saturated carbocycles. The number of hydrogen-bond donors (Lipinski definition) is 2. The number of carbonyl (C=O) groups is 2. The molecule has 1 fully saturated rings. The van der Waals surface area contributed by atoms with Crippen molar-refractivity contribution < 1.29 is 18.7 Å². The fourth-order valence-electron chi connectivity index (χ4n) is 2.96. The van der Waals surface area contributed by atoms with Gasteiger partial charge in [0.1, 0.15) is 5.82 Å². The largest absolute Gasteiger partial charge is 0.381 e. The molecule has 2 rings (SSSR count). The average molecular weight is 388 g/mol. The maximum absolute atomic E-state index is 12.9. The Morgan fingerprint density at radius 3 is 2.42 bits per heavy atom. The van der Waals surface area contributed by atoms with E-state index in [2.05, 4.69) is 5.32 Å². The predicted octanol–water partition coefficient (Wildman–Crippen LogP) is 1.47. The van der Waals surface area contributed by atoms with Gasteiger partial charge in [-0.3, -0.25) is 9.59 Å². The Morgan fingerprint density at radius 2 is 1.88 bits per heavy atom. The third-order valence-corrected chi connectivity index (χ3v) is 4.70. The van der Waals surface area contributed by atoms with E-state index >= 15 is 0 Å². The third kappa shape index (κ3) is 5.65. The topological polar surface area (TPSA) is 84.7 Å². The number of halogens is 2. The lowest BCUT2D eigenvalue weighted by molar-refractivity contribution is -0.149. The van der Waals surface area contributed by atoms with Gasteiger partial charge in [-0.15, -0.1) is 12.4 Å². The number of nitrogens with zero attached hydrogens (tertiary/aromatic N) is 1. The summed E-state index contributed by atoms with van der Waals surface area (Å²) in [6.45, 7) is 3.83. The van der Waals surface area contributed by atoms with Crippen LogP contribution in [0.1, 0.15) is 25.3 Å². The minimum absolute atomic E-state index is 0. The maximum Gasteiger partial charge on any atom is 0.239 e. The molecule has 1 aliphatic rings. The predicted molar refractivity (Wildman–Crippen MR) is 99.3 cm³/mol. The van der Waals surface area contributed by atoms with E-state index in [0.29, 0.717) is 39.1 Å². The molecule has 1 aromatic rings. The van der Waals surface area contributed by atoms with Gasteiger partial charge < -0.3 is 20.7 Å². The van der Waals surface area contributed by atoms with Gasteiger partial charge in [-0.2, -0.15) is 0 Å². The molecule has 1 heterocycles. The second-order valence-corrected chi connectivity index (χ2v) is 6.32. The van der Waals surface area contributed by atoms with Crippen molar-refractivity contribution in [2.24, 2.45) is 11.1 Å². The highest BCUT2D eigenvalue weighted by Gasteiger charge is 2.41. The van der Waals surface area contributed by atoms with Crippen molar-refractivity contribution in [3.8, 4) is 0 Å². The lowest BCUT2D eigenvalue weighted by atomic mass is 9.79. The number of nitrogens with one attached hydrogen (secondary N) is 1. The quantitative estimate of drug-likeness (QED) is 0.742. The summed E-state index contributed by atoms with van der Waals surface area (Å²) in [6, 6.07) is 5.92. The van der Waals surface area contributed by atoms with E-state index in [1.54, 1.807) is 12.1 Å². The van der Waals surface area contributed by atoms with E-state index in [1.165, 1.54) is 17.0 Å². The number of hydrogen-bond acceptors (Lipinski definition) is 4. The van der Waals surface area contributed by atoms with Crippen LogP contribution in [0, 0.1) is 11.2 Å². The first kappa shape index (κ1) is 22.3. The first-order valence-corrected chi connectivity index (χ1v) is 8.59. The number of benzene rings is 1. The highest BCUT2D eigenvalue weighted by molar-refractivity contribution is 5.88. The van der Waals surface area contributed by atoms with Gasteiger partial charge in [0, 0.05) is 32.8 Å². The fraction of sp³-hybridized carbons (Fsp3) is 0.556. The van der Waals surface area contributed by atoms with Crippen LogP contribution in [0.15, 0.2) is 24.3 Å². The SMILES string of the molecule is CCN(CC(=O)NCc1ccc(F)cc1)C(=O)C1(CN)CCOCC1.Cl. The van der Waals surface area contributed by atoms with Crippen molar-refractivity contribution in [3.05, 3.63) is 35.6 Å². The molecule has 1 saturated heterocycles. The Balaban J connectivity index is 0.00000338. The lowest BCUT2D eigenvalue weighted by Crippen LogP contribution is -2.52. The average Bonchev–Trinajstić information content (AvgIpc) is 2.65. The van der Waals surface area contributed by atoms with Gasteiger partial charge in [-0.05, 0) is 37.5 Å². The van der Waals surface area contributed by atoms with Crippen LogP contribution < -0.4 is 11.1 Å². The summed E-state index contributed by atoms with van der Waals surface area (Å²) >= 11 is 0. The molecule has 3 N–H and O–H groups in total. The van der Waals surface area contributed by atoms with Crippen molar-refractivity contribution in [1.29, 1.82) is 0 Å². The first-order valence-electron chi connectivity index (χ1n) is 8.59. The molecule has 6 nitrogen and oxygen atoms in total. The van der Waals surface area contributed by atoms with Gasteiger partial charge in [0.05, 0.1) is 12.0 Å². The number of ether oxygens (including phenoxy) is 1. The summed E-state index contributed by atoms with van der Waals surface area (Å²) < 4.78 is 18.2. The van der Waals surface area contributed by atoms with Crippen molar-refractivity contribution in [2.75, 3.05) is 32.8 Å². The number of amides is 2. The van der Waals surface area contributed by atoms with Crippen LogP contribution in [0.25, 0.3) is 0 Å². The molecule has 8 heteroatoms. The Hall–Kier alpha value is -1.70. The first-order chi connectivity index (χ1) is 12.0. The summed E-state index contributed by atoms with van der Waals surface area (Å²) in [5.74, 6) is -0.655. The molecular formula is C18H27ClFN3O3. The maximum atomic E-state index is 12.9. The number of nitrogens with two attached hydrogens (primary N) is 1. The minimum Gasteiger partial charge on any atom is -0.381 e. The molecule has 26 heavy (non-hydrogen) atoms. The van der Waals surface area contributed by atoms with Crippen LogP contribution in [0.5, 0.6) is 0 Å². The summed E-state index contributed by atoms with van der Waals surface area (Å²) in [5, 5.41) is 2.76. The van der Waals surface area contributed by atoms with Crippen LogP contribution in [0.2, 0.25) is 0 Å². The van der Waals surface area contributed by atoms with Gasteiger partial charge >= 0.3 is 0 Å². The lowest BCUT2D eigenvalue weighted by Gasteiger charge is -2.38. The second kappa shape index (κ2) is 10.4. The third-order valence-electron chi connectivity index (χ3n) is 4.70. The van der Waals surface area contributed by atoms with Crippen LogP contribution in [-0.4, -0.2) is 49.6 Å². The minimum atomic E-state index is -0.633. The number of rotatable bonds is 7. The molecule has 0 radical (unpaired) electrons. The van der Waals surface area contributed by atoms with E-state index in [4.69, 9.17) is 10.5 Å². The molecule has 0 aliphatic carbocycles. The number of likely N-dealkylation sites (N-methyl/N-ethyl adjacent to an activating group) is 1. The molecule has 0 aromatic heterocycles. The Labute approximate surface area is 159 Å². The van der Waals surface area contributed by atoms with Gasteiger partial charge in [-0.25, -0.2) is 4.39 Å². The summed E-state index contributed by atoms with van der Waals surface area (Å²) in [4.78, 5) is 26.6. The van der Waals surface area contributed by atoms with E-state index in [9.17, 15) is 14.0 Å². The molecule has 1 aromatic carbocycles. The zero-order valence-electron chi connectivity index (χ0n) is 15.0. The molecule has 146 valence electrons. The van der Waals surface area contributed by atoms with Gasteiger partial charge in [-0.1, -0.05) is 12.1 Å². The summed E-state index contributed by atoms with van der Waals surface area (Å²) in [7, 11) is 0. The van der Waals surface area contributed by atoms with Crippen LogP contribution in [0.4, 0.5) is 4.39 Å². The van der Waals surface area contributed by atoms with Gasteiger partial charge in [0.25, 0.3) is 0 Å². The molecule has 0 unspecified atom stereocenters. The van der Waals surface area contributed by atoms with Crippen LogP contribution >= 0.6 is 12.4 Å². The van der Waals surface area contributed by atoms with Crippen molar-refractivity contribution >= 4 is 24.2 Å². The van der Waals surface area contributed by atoms with E-state index in [1.807, 2.05) is 6.92 Å². The number of carbonyl (C=O) groups excluding carboxylic acids is 2. The second-order valence-electron chi connectivity index (χ2n) is 6.32. The monoisotopic (exact) mass is 387 g/mol. The van der Waals surface area contributed by atoms with Gasteiger partial charge in [0.15, 0.2) is 0 Å². The summed E-state index contributed by atoms with van der Waals surface area (Å²) in [6.07, 6.45) is 1.16. The Bertz CT molecular complexity index is 592. The molecular weight excluding hydrogens is 361 g/mol. The molecule has 0 bridgehead atoms. The van der Waals surface area contributed by atoms with E-state index in [-0.39, 0.29) is 43.1 Å². The van der Waals surface area contributed by atoms with E-state index in [0.717, 1.165) is 5.56 Å². The van der Waals surface area contributed by atoms with Crippen LogP contribution in [-0.2, 0) is 20.9 Å². The summed E-state index contributed by atoms with van der Waals surface area (Å²) in [5.41, 5.74) is 6.04. The van der Waals surface area contributed by atoms with Crippen molar-refractivity contribution in [3.63, 3.8) is 0 Å². The van der Waals surface area contributed by atoms with Crippen LogP contribution in [0.3, 0.4) is 0 Å². The molecule has 0 spiro atoms. The zero-order chi connectivity index (χ0) is 18.3. The zero-order valence-corrected chi connectivity index (χ0v) is 15.8. The van der Waals surface area contributed by atoms with Crippen molar-refractivity contribution in [1.82, 2.24) is 10.2 Å². The molecule has 1 aliphatic heterocycles. The fourth-order valence-corrected chi connectivity index (χ4v) is 2.96. The molecule has 2 amide bonds. The van der Waals surface area contributed by atoms with Crippen molar-refractivity contribution in [2.45, 2.75) is 26.3 Å².